The largest absolute Gasteiger partial charge is 0.466 e. The summed E-state index contributed by atoms with van der Waals surface area (Å²) in [4.78, 5) is 21.0. The molecule has 130 valence electrons. The van der Waals surface area contributed by atoms with Crippen molar-refractivity contribution in [2.75, 3.05) is 12.4 Å². The van der Waals surface area contributed by atoms with Crippen LogP contribution >= 0.6 is 27.3 Å². The Bertz CT molecular complexity index is 868. The fourth-order valence-corrected chi connectivity index (χ4v) is 3.45. The maximum Gasteiger partial charge on any atom is 0.338 e. The molecular formula is C16H12BrF2N3O2S. The van der Waals surface area contributed by atoms with Crippen LogP contribution in [0.25, 0.3) is 0 Å². The Kier molecular flexibility index (Phi) is 5.24. The summed E-state index contributed by atoms with van der Waals surface area (Å²) < 4.78 is 31.8. The third kappa shape index (κ3) is 3.47. The quantitative estimate of drug-likeness (QED) is 0.600. The Hall–Kier alpha value is -2.13. The standard InChI is InChI=1S/C16H12BrF2N3O2S/c1-24-16(23)12-11(7-17)21-14(15-20-4-5-25-15)22-13(12)8-2-3-9(18)10(19)6-8/h2-6,13H,7H2,1H3,(H,21,22)/t13-/m0/s1. The van der Waals surface area contributed by atoms with E-state index in [0.29, 0.717) is 27.4 Å². The number of amidine groups is 1. The average Bonchev–Trinajstić information content (AvgIpc) is 3.17. The number of hydrogen-bond donors (Lipinski definition) is 1. The molecule has 25 heavy (non-hydrogen) atoms. The maximum atomic E-state index is 13.7. The van der Waals surface area contributed by atoms with Crippen molar-refractivity contribution in [2.45, 2.75) is 6.04 Å². The molecule has 1 aromatic carbocycles. The van der Waals surface area contributed by atoms with Crippen molar-refractivity contribution in [2.24, 2.45) is 4.99 Å². The molecule has 0 bridgehead atoms. The lowest BCUT2D eigenvalue weighted by Gasteiger charge is -2.26. The molecule has 2 aromatic rings. The average molecular weight is 428 g/mol. The molecule has 3 rings (SSSR count). The maximum absolute atomic E-state index is 13.7. The molecule has 2 heterocycles. The number of carbonyl (C=O) groups is 1. The summed E-state index contributed by atoms with van der Waals surface area (Å²) in [6, 6.07) is 2.60. The Balaban J connectivity index is 2.15. The second kappa shape index (κ2) is 7.40. The number of carbonyl (C=O) groups excluding carboxylic acids is 1. The first-order chi connectivity index (χ1) is 12.0. The predicted octanol–water partition coefficient (Wildman–Crippen LogP) is 3.33. The van der Waals surface area contributed by atoms with Crippen molar-refractivity contribution in [3.05, 3.63) is 63.3 Å². The number of aliphatic imine (C=N–C) groups is 1. The molecule has 0 amide bonds. The van der Waals surface area contributed by atoms with Gasteiger partial charge in [0.05, 0.1) is 12.7 Å². The number of hydrogen-bond acceptors (Lipinski definition) is 6. The molecule has 0 fully saturated rings. The van der Waals surface area contributed by atoms with Gasteiger partial charge in [-0.3, -0.25) is 4.99 Å². The molecule has 0 aliphatic carbocycles. The topological polar surface area (TPSA) is 63.6 Å². The zero-order chi connectivity index (χ0) is 18.0. The van der Waals surface area contributed by atoms with Crippen LogP contribution in [0.1, 0.15) is 16.6 Å². The normalized spacial score (nSPS) is 17.1. The highest BCUT2D eigenvalue weighted by molar-refractivity contribution is 9.09. The van der Waals surface area contributed by atoms with E-state index in [1.807, 2.05) is 0 Å². The Morgan fingerprint density at radius 3 is 2.80 bits per heavy atom. The van der Waals surface area contributed by atoms with Crippen LogP contribution < -0.4 is 5.32 Å². The zero-order valence-electron chi connectivity index (χ0n) is 12.9. The lowest BCUT2D eigenvalue weighted by molar-refractivity contribution is -0.136. The van der Waals surface area contributed by atoms with Crippen LogP contribution in [-0.4, -0.2) is 29.2 Å². The van der Waals surface area contributed by atoms with Gasteiger partial charge in [0.15, 0.2) is 22.5 Å². The van der Waals surface area contributed by atoms with Crippen molar-refractivity contribution in [3.63, 3.8) is 0 Å². The molecule has 1 aromatic heterocycles. The SMILES string of the molecule is COC(=O)C1=C(CBr)NC(c2nccs2)=N[C@H]1c1ccc(F)c(F)c1. The summed E-state index contributed by atoms with van der Waals surface area (Å²) in [6.45, 7) is 0. The van der Waals surface area contributed by atoms with E-state index in [-0.39, 0.29) is 5.57 Å². The molecule has 0 saturated carbocycles. The van der Waals surface area contributed by atoms with E-state index in [2.05, 4.69) is 31.2 Å². The number of halogens is 3. The van der Waals surface area contributed by atoms with Gasteiger partial charge < -0.3 is 10.1 Å². The monoisotopic (exact) mass is 427 g/mol. The third-order valence-electron chi connectivity index (χ3n) is 3.56. The fraction of sp³-hybridized carbons (Fsp3) is 0.188. The molecule has 0 unspecified atom stereocenters. The minimum absolute atomic E-state index is 0.227. The van der Waals surface area contributed by atoms with Crippen molar-refractivity contribution < 1.29 is 18.3 Å². The number of rotatable bonds is 4. The summed E-state index contributed by atoms with van der Waals surface area (Å²) in [5.41, 5.74) is 1.10. The van der Waals surface area contributed by atoms with Crippen LogP contribution in [0.4, 0.5) is 8.78 Å². The van der Waals surface area contributed by atoms with Gasteiger partial charge in [-0.05, 0) is 17.7 Å². The van der Waals surface area contributed by atoms with Crippen LogP contribution in [0.3, 0.4) is 0 Å². The van der Waals surface area contributed by atoms with E-state index in [4.69, 9.17) is 4.74 Å². The molecule has 9 heteroatoms. The molecule has 1 N–H and O–H groups in total. The third-order valence-corrected chi connectivity index (χ3v) is 4.90. The first-order valence-corrected chi connectivity index (χ1v) is 9.12. The second-order valence-corrected chi connectivity index (χ2v) is 6.49. The molecule has 5 nitrogen and oxygen atoms in total. The Morgan fingerprint density at radius 1 is 1.40 bits per heavy atom. The van der Waals surface area contributed by atoms with Crippen molar-refractivity contribution >= 4 is 39.1 Å². The van der Waals surface area contributed by atoms with E-state index < -0.39 is 23.6 Å². The summed E-state index contributed by atoms with van der Waals surface area (Å²) in [6.07, 6.45) is 1.63. The smallest absolute Gasteiger partial charge is 0.338 e. The van der Waals surface area contributed by atoms with Crippen LogP contribution in [0.5, 0.6) is 0 Å². The van der Waals surface area contributed by atoms with Gasteiger partial charge in [-0.2, -0.15) is 0 Å². The number of ether oxygens (including phenoxy) is 1. The molecule has 0 saturated heterocycles. The number of esters is 1. The molecular weight excluding hydrogens is 416 g/mol. The first kappa shape index (κ1) is 17.7. The van der Waals surface area contributed by atoms with Gasteiger partial charge >= 0.3 is 5.97 Å². The summed E-state index contributed by atoms with van der Waals surface area (Å²) in [5.74, 6) is -2.12. The van der Waals surface area contributed by atoms with Crippen LogP contribution in [-0.2, 0) is 9.53 Å². The first-order valence-electron chi connectivity index (χ1n) is 7.12. The van der Waals surface area contributed by atoms with Gasteiger partial charge in [-0.25, -0.2) is 18.6 Å². The summed E-state index contributed by atoms with van der Waals surface area (Å²) in [7, 11) is 1.25. The van der Waals surface area contributed by atoms with Crippen molar-refractivity contribution in [1.29, 1.82) is 0 Å². The Labute approximate surface area is 154 Å². The van der Waals surface area contributed by atoms with Gasteiger partial charge in [0.1, 0.15) is 6.04 Å². The highest BCUT2D eigenvalue weighted by Gasteiger charge is 2.32. The number of methoxy groups -OCH3 is 1. The minimum Gasteiger partial charge on any atom is -0.466 e. The molecule has 1 aliphatic heterocycles. The number of allylic oxidation sites excluding steroid dienone is 1. The number of aromatic nitrogens is 1. The molecule has 0 radical (unpaired) electrons. The van der Waals surface area contributed by atoms with Gasteiger partial charge in [0, 0.05) is 22.6 Å². The number of nitrogens with one attached hydrogen (secondary N) is 1. The predicted molar refractivity (Wildman–Crippen MR) is 93.7 cm³/mol. The van der Waals surface area contributed by atoms with E-state index >= 15 is 0 Å². The van der Waals surface area contributed by atoms with Gasteiger partial charge in [0.25, 0.3) is 0 Å². The van der Waals surface area contributed by atoms with Crippen LogP contribution in [0.15, 0.2) is 46.0 Å². The van der Waals surface area contributed by atoms with Gasteiger partial charge in [-0.1, -0.05) is 22.0 Å². The molecule has 0 spiro atoms. The zero-order valence-corrected chi connectivity index (χ0v) is 15.3. The van der Waals surface area contributed by atoms with E-state index in [0.717, 1.165) is 12.1 Å². The summed E-state index contributed by atoms with van der Waals surface area (Å²) in [5, 5.41) is 5.79. The number of alkyl halides is 1. The lowest BCUT2D eigenvalue weighted by Crippen LogP contribution is -2.34. The van der Waals surface area contributed by atoms with E-state index in [1.54, 1.807) is 11.6 Å². The lowest BCUT2D eigenvalue weighted by atomic mass is 9.96. The minimum atomic E-state index is -1.01. The fourth-order valence-electron chi connectivity index (χ4n) is 2.42. The number of benzene rings is 1. The highest BCUT2D eigenvalue weighted by Crippen LogP contribution is 2.33. The number of nitrogens with zero attached hydrogens (tertiary/aromatic N) is 2. The van der Waals surface area contributed by atoms with E-state index in [1.165, 1.54) is 24.5 Å². The van der Waals surface area contributed by atoms with Gasteiger partial charge in [0.2, 0.25) is 0 Å². The van der Waals surface area contributed by atoms with E-state index in [9.17, 15) is 13.6 Å². The second-order valence-electron chi connectivity index (χ2n) is 5.03. The van der Waals surface area contributed by atoms with Crippen molar-refractivity contribution in [3.8, 4) is 0 Å². The Morgan fingerprint density at radius 2 is 2.20 bits per heavy atom. The van der Waals surface area contributed by atoms with Crippen LogP contribution in [0, 0.1) is 11.6 Å². The molecule has 1 aliphatic rings. The molecule has 1 atom stereocenters. The van der Waals surface area contributed by atoms with Gasteiger partial charge in [-0.15, -0.1) is 11.3 Å². The highest BCUT2D eigenvalue weighted by atomic mass is 79.9. The number of thiazole rings is 1. The van der Waals surface area contributed by atoms with Crippen molar-refractivity contribution in [1.82, 2.24) is 10.3 Å². The summed E-state index contributed by atoms with van der Waals surface area (Å²) >= 11 is 4.70. The van der Waals surface area contributed by atoms with Crippen LogP contribution in [0.2, 0.25) is 0 Å².